The molecule has 0 aromatic heterocycles. The highest BCUT2D eigenvalue weighted by Gasteiger charge is 2.46. The minimum Gasteiger partial charge on any atom is -0.503 e. The largest absolute Gasteiger partial charge is 0.503 e. The summed E-state index contributed by atoms with van der Waals surface area (Å²) in [4.78, 5) is 30.7. The molecule has 0 bridgehead atoms. The van der Waals surface area contributed by atoms with E-state index >= 15 is 0 Å². The number of hydrogen-bond donors (Lipinski definition) is 1. The number of benzene rings is 1. The normalized spacial score (nSPS) is 23.4. The maximum Gasteiger partial charge on any atom is 0.315 e. The first kappa shape index (κ1) is 21.4. The van der Waals surface area contributed by atoms with Gasteiger partial charge in [-0.25, -0.2) is 0 Å². The number of nitrogens with zero attached hydrogens (tertiary/aromatic N) is 1. The van der Waals surface area contributed by atoms with Crippen molar-refractivity contribution in [3.63, 3.8) is 0 Å². The zero-order chi connectivity index (χ0) is 21.5. The van der Waals surface area contributed by atoms with Gasteiger partial charge in [-0.15, -0.1) is 0 Å². The molecule has 0 saturated heterocycles. The Morgan fingerprint density at radius 1 is 1.34 bits per heavy atom. The number of carbonyl (C=O) groups excluding carboxylic acids is 2. The molecule has 3 rings (SSSR count). The number of aliphatic imine (C=N–C) groups is 1. The Morgan fingerprint density at radius 2 is 2.03 bits per heavy atom. The molecule has 2 atom stereocenters. The molecular formula is C22H26ClNO5. The number of phenols is 1. The van der Waals surface area contributed by atoms with Crippen molar-refractivity contribution in [2.75, 3.05) is 13.7 Å². The second-order valence-electron chi connectivity index (χ2n) is 8.32. The molecule has 156 valence electrons. The van der Waals surface area contributed by atoms with Gasteiger partial charge < -0.3 is 14.6 Å². The van der Waals surface area contributed by atoms with Crippen LogP contribution in [0.4, 0.5) is 0 Å². The van der Waals surface area contributed by atoms with E-state index in [0.29, 0.717) is 35.4 Å². The molecular weight excluding hydrogens is 394 g/mol. The first-order valence-electron chi connectivity index (χ1n) is 9.64. The molecule has 0 saturated carbocycles. The average Bonchev–Trinajstić information content (AvgIpc) is 2.61. The van der Waals surface area contributed by atoms with Crippen LogP contribution in [0.1, 0.15) is 52.0 Å². The van der Waals surface area contributed by atoms with Crippen LogP contribution in [0.15, 0.2) is 28.4 Å². The lowest BCUT2D eigenvalue weighted by Crippen LogP contribution is -2.39. The molecule has 6 nitrogen and oxygen atoms in total. The highest BCUT2D eigenvalue weighted by Crippen LogP contribution is 2.49. The van der Waals surface area contributed by atoms with Crippen molar-refractivity contribution >= 4 is 29.1 Å². The fraction of sp³-hybridized carbons (Fsp3) is 0.500. The molecule has 7 heteroatoms. The second kappa shape index (κ2) is 7.82. The van der Waals surface area contributed by atoms with E-state index < -0.39 is 17.8 Å². The van der Waals surface area contributed by atoms with Crippen LogP contribution in [-0.4, -0.2) is 36.3 Å². The Hall–Kier alpha value is -2.34. The monoisotopic (exact) mass is 419 g/mol. The molecule has 0 radical (unpaired) electrons. The Kier molecular flexibility index (Phi) is 5.77. The van der Waals surface area contributed by atoms with E-state index in [9.17, 15) is 14.7 Å². The Bertz CT molecular complexity index is 931. The number of esters is 1. The lowest BCUT2D eigenvalue weighted by Gasteiger charge is -2.39. The fourth-order valence-electron chi connectivity index (χ4n) is 4.27. The zero-order valence-electron chi connectivity index (χ0n) is 17.3. The molecule has 1 N–H and O–H groups in total. The van der Waals surface area contributed by atoms with Gasteiger partial charge in [-0.2, -0.15) is 0 Å². The van der Waals surface area contributed by atoms with Crippen molar-refractivity contribution in [3.8, 4) is 11.5 Å². The molecule has 1 aliphatic carbocycles. The first-order valence-corrected chi connectivity index (χ1v) is 10.0. The summed E-state index contributed by atoms with van der Waals surface area (Å²) in [5, 5.41) is 10.2. The fourth-order valence-corrected chi connectivity index (χ4v) is 4.49. The number of ketones is 1. The standard InChI is InChI=1S/C22H26ClNO5/c1-6-29-21(27)17-11(2)24-14-9-22(3,4)10-15(25)19(14)18(17)12-7-13(23)20(26)16(8-12)28-5/h7-8,17-18,26H,6,9-10H2,1-5H3/t17?,18-/m1/s1. The lowest BCUT2D eigenvalue weighted by atomic mass is 9.67. The van der Waals surface area contributed by atoms with Gasteiger partial charge in [0.2, 0.25) is 0 Å². The lowest BCUT2D eigenvalue weighted by molar-refractivity contribution is -0.146. The van der Waals surface area contributed by atoms with E-state index in [4.69, 9.17) is 21.1 Å². The third-order valence-electron chi connectivity index (χ3n) is 5.47. The molecule has 1 heterocycles. The van der Waals surface area contributed by atoms with Gasteiger partial charge in [0, 0.05) is 29.3 Å². The van der Waals surface area contributed by atoms with Crippen LogP contribution in [0, 0.1) is 11.3 Å². The molecule has 1 unspecified atom stereocenters. The number of Topliss-reactive ketones (excluding diaryl/α,β-unsaturated/α-hetero) is 1. The summed E-state index contributed by atoms with van der Waals surface area (Å²) in [6.45, 7) is 7.81. The molecule has 0 fully saturated rings. The van der Waals surface area contributed by atoms with Crippen LogP contribution < -0.4 is 4.74 Å². The Morgan fingerprint density at radius 3 is 2.66 bits per heavy atom. The Labute approximate surface area is 175 Å². The number of ether oxygens (including phenoxy) is 2. The summed E-state index contributed by atoms with van der Waals surface area (Å²) in [6, 6.07) is 3.20. The number of rotatable bonds is 4. The first-order chi connectivity index (χ1) is 13.6. The van der Waals surface area contributed by atoms with E-state index in [1.54, 1.807) is 26.0 Å². The van der Waals surface area contributed by atoms with Crippen LogP contribution >= 0.6 is 11.6 Å². The SMILES string of the molecule is CCOC(=O)C1C(C)=NC2=C(C(=O)CC(C)(C)C2)[C@@H]1c1cc(Cl)c(O)c(OC)c1. The summed E-state index contributed by atoms with van der Waals surface area (Å²) in [7, 11) is 1.42. The maximum atomic E-state index is 13.2. The zero-order valence-corrected chi connectivity index (χ0v) is 18.1. The van der Waals surface area contributed by atoms with Crippen LogP contribution in [0.25, 0.3) is 0 Å². The van der Waals surface area contributed by atoms with Crippen molar-refractivity contribution in [3.05, 3.63) is 34.0 Å². The van der Waals surface area contributed by atoms with Crippen LogP contribution in [0.3, 0.4) is 0 Å². The number of aromatic hydroxyl groups is 1. The highest BCUT2D eigenvalue weighted by atomic mass is 35.5. The summed E-state index contributed by atoms with van der Waals surface area (Å²) in [5.41, 5.74) is 2.23. The smallest absolute Gasteiger partial charge is 0.315 e. The minimum atomic E-state index is -0.746. The van der Waals surface area contributed by atoms with Crippen molar-refractivity contribution < 1.29 is 24.2 Å². The second-order valence-corrected chi connectivity index (χ2v) is 8.72. The van der Waals surface area contributed by atoms with Crippen LogP contribution in [0.5, 0.6) is 11.5 Å². The summed E-state index contributed by atoms with van der Waals surface area (Å²) in [5.74, 6) is -1.82. The van der Waals surface area contributed by atoms with Gasteiger partial charge in [0.1, 0.15) is 5.92 Å². The van der Waals surface area contributed by atoms with Crippen LogP contribution in [0.2, 0.25) is 5.02 Å². The van der Waals surface area contributed by atoms with Gasteiger partial charge >= 0.3 is 5.97 Å². The summed E-state index contributed by atoms with van der Waals surface area (Å²) >= 11 is 6.22. The summed E-state index contributed by atoms with van der Waals surface area (Å²) in [6.07, 6.45) is 1.01. The molecule has 0 spiro atoms. The number of allylic oxidation sites excluding steroid dienone is 2. The molecule has 1 aliphatic heterocycles. The van der Waals surface area contributed by atoms with Gasteiger partial charge in [0.25, 0.3) is 0 Å². The van der Waals surface area contributed by atoms with E-state index in [2.05, 4.69) is 4.99 Å². The molecule has 1 aromatic carbocycles. The predicted octanol–water partition coefficient (Wildman–Crippen LogP) is 4.43. The molecule has 2 aliphatic rings. The molecule has 0 amide bonds. The quantitative estimate of drug-likeness (QED) is 0.729. The van der Waals surface area contributed by atoms with E-state index in [1.165, 1.54) is 7.11 Å². The maximum absolute atomic E-state index is 13.2. The average molecular weight is 420 g/mol. The topological polar surface area (TPSA) is 85.2 Å². The van der Waals surface area contributed by atoms with Crippen molar-refractivity contribution in [2.45, 2.75) is 46.5 Å². The van der Waals surface area contributed by atoms with E-state index in [1.807, 2.05) is 13.8 Å². The number of hydrogen-bond acceptors (Lipinski definition) is 6. The third-order valence-corrected chi connectivity index (χ3v) is 5.76. The Balaban J connectivity index is 2.24. The number of phenolic OH excluding ortho intramolecular Hbond substituents is 1. The van der Waals surface area contributed by atoms with Gasteiger partial charge in [0.15, 0.2) is 17.3 Å². The van der Waals surface area contributed by atoms with Crippen LogP contribution in [-0.2, 0) is 14.3 Å². The van der Waals surface area contributed by atoms with E-state index in [-0.39, 0.29) is 34.3 Å². The summed E-state index contributed by atoms with van der Waals surface area (Å²) < 4.78 is 10.5. The number of halogens is 1. The van der Waals surface area contributed by atoms with Crippen molar-refractivity contribution in [1.82, 2.24) is 0 Å². The van der Waals surface area contributed by atoms with Crippen molar-refractivity contribution in [2.24, 2.45) is 16.3 Å². The van der Waals surface area contributed by atoms with Gasteiger partial charge in [-0.3, -0.25) is 14.6 Å². The van der Waals surface area contributed by atoms with E-state index in [0.717, 1.165) is 0 Å². The van der Waals surface area contributed by atoms with Gasteiger partial charge in [-0.05, 0) is 43.4 Å². The number of carbonyl (C=O) groups is 2. The van der Waals surface area contributed by atoms with Gasteiger partial charge in [-0.1, -0.05) is 25.4 Å². The predicted molar refractivity (Wildman–Crippen MR) is 111 cm³/mol. The van der Waals surface area contributed by atoms with Gasteiger partial charge in [0.05, 0.1) is 18.7 Å². The highest BCUT2D eigenvalue weighted by molar-refractivity contribution is 6.32. The minimum absolute atomic E-state index is 0.0324. The number of methoxy groups -OCH3 is 1. The molecule has 1 aromatic rings. The van der Waals surface area contributed by atoms with Crippen molar-refractivity contribution in [1.29, 1.82) is 0 Å². The third kappa shape index (κ3) is 3.90. The molecule has 29 heavy (non-hydrogen) atoms.